The van der Waals surface area contributed by atoms with Crippen molar-refractivity contribution in [2.24, 2.45) is 5.73 Å². The lowest BCUT2D eigenvalue weighted by molar-refractivity contribution is 0.707. The number of rotatable bonds is 3. The van der Waals surface area contributed by atoms with Gasteiger partial charge in [-0.05, 0) is 34.5 Å². The van der Waals surface area contributed by atoms with E-state index in [1.54, 1.807) is 0 Å². The van der Waals surface area contributed by atoms with Gasteiger partial charge < -0.3 is 5.73 Å². The van der Waals surface area contributed by atoms with E-state index >= 15 is 0 Å². The number of nitrogens with zero attached hydrogens (tertiary/aromatic N) is 1. The third-order valence-electron chi connectivity index (χ3n) is 3.36. The van der Waals surface area contributed by atoms with Crippen LogP contribution in [-0.4, -0.2) is 4.98 Å². The molecular formula is C17H16N2. The molecule has 3 rings (SSSR count). The first-order valence-corrected chi connectivity index (χ1v) is 6.47. The van der Waals surface area contributed by atoms with Gasteiger partial charge >= 0.3 is 0 Å². The molecule has 2 N–H and O–H groups in total. The van der Waals surface area contributed by atoms with E-state index in [-0.39, 0.29) is 6.04 Å². The monoisotopic (exact) mass is 248 g/mol. The van der Waals surface area contributed by atoms with Crippen molar-refractivity contribution in [2.75, 3.05) is 0 Å². The fourth-order valence-corrected chi connectivity index (χ4v) is 2.30. The Balaban J connectivity index is 1.87. The summed E-state index contributed by atoms with van der Waals surface area (Å²) >= 11 is 0. The Hall–Kier alpha value is -2.19. The second kappa shape index (κ2) is 5.21. The van der Waals surface area contributed by atoms with Crippen LogP contribution in [0.3, 0.4) is 0 Å². The summed E-state index contributed by atoms with van der Waals surface area (Å²) in [5.74, 6) is 0. The molecule has 2 heteroatoms. The first kappa shape index (κ1) is 11.9. The molecule has 0 aliphatic carbocycles. The van der Waals surface area contributed by atoms with Gasteiger partial charge in [0.25, 0.3) is 0 Å². The molecule has 0 bridgehead atoms. The SMILES string of the molecule is NC(Cc1ccccn1)c1ccc2ccccc2c1. The molecule has 0 saturated carbocycles. The quantitative estimate of drug-likeness (QED) is 0.770. The van der Waals surface area contributed by atoms with E-state index in [1.807, 2.05) is 24.4 Å². The van der Waals surface area contributed by atoms with Gasteiger partial charge in [-0.25, -0.2) is 0 Å². The summed E-state index contributed by atoms with van der Waals surface area (Å²) in [6.45, 7) is 0. The Kier molecular flexibility index (Phi) is 3.25. The van der Waals surface area contributed by atoms with Crippen molar-refractivity contribution in [3.8, 4) is 0 Å². The maximum Gasteiger partial charge on any atom is 0.0422 e. The minimum Gasteiger partial charge on any atom is -0.324 e. The lowest BCUT2D eigenvalue weighted by Crippen LogP contribution is -2.13. The third-order valence-corrected chi connectivity index (χ3v) is 3.36. The lowest BCUT2D eigenvalue weighted by atomic mass is 9.99. The fraction of sp³-hybridized carbons (Fsp3) is 0.118. The summed E-state index contributed by atoms with van der Waals surface area (Å²) in [7, 11) is 0. The largest absolute Gasteiger partial charge is 0.324 e. The summed E-state index contributed by atoms with van der Waals surface area (Å²) < 4.78 is 0. The van der Waals surface area contributed by atoms with Crippen molar-refractivity contribution in [1.82, 2.24) is 4.98 Å². The van der Waals surface area contributed by atoms with E-state index in [0.717, 1.165) is 17.7 Å². The van der Waals surface area contributed by atoms with Crippen LogP contribution in [-0.2, 0) is 6.42 Å². The van der Waals surface area contributed by atoms with Gasteiger partial charge in [-0.15, -0.1) is 0 Å². The molecule has 19 heavy (non-hydrogen) atoms. The van der Waals surface area contributed by atoms with Gasteiger partial charge in [0.2, 0.25) is 0 Å². The van der Waals surface area contributed by atoms with Crippen LogP contribution in [0.1, 0.15) is 17.3 Å². The van der Waals surface area contributed by atoms with Crippen molar-refractivity contribution >= 4 is 10.8 Å². The van der Waals surface area contributed by atoms with Crippen molar-refractivity contribution in [2.45, 2.75) is 12.5 Å². The maximum absolute atomic E-state index is 6.28. The normalized spacial score (nSPS) is 12.5. The molecule has 0 fully saturated rings. The lowest BCUT2D eigenvalue weighted by Gasteiger charge is -2.12. The standard InChI is InChI=1S/C17H16N2/c18-17(12-16-7-3-4-10-19-16)15-9-8-13-5-1-2-6-14(13)11-15/h1-11,17H,12,18H2. The maximum atomic E-state index is 6.28. The minimum atomic E-state index is -0.0143. The Morgan fingerprint density at radius 2 is 1.68 bits per heavy atom. The second-order valence-corrected chi connectivity index (χ2v) is 4.74. The Bertz CT molecular complexity index is 677. The predicted octanol–water partition coefficient (Wildman–Crippen LogP) is 3.48. The number of fused-ring (bicyclic) bond motifs is 1. The number of benzene rings is 2. The van der Waals surface area contributed by atoms with Gasteiger partial charge in [-0.1, -0.05) is 42.5 Å². The Morgan fingerprint density at radius 1 is 0.895 bits per heavy atom. The van der Waals surface area contributed by atoms with Crippen LogP contribution in [0.25, 0.3) is 10.8 Å². The van der Waals surface area contributed by atoms with Gasteiger partial charge in [0.05, 0.1) is 0 Å². The smallest absolute Gasteiger partial charge is 0.0422 e. The molecule has 0 saturated heterocycles. The molecule has 94 valence electrons. The highest BCUT2D eigenvalue weighted by atomic mass is 14.7. The zero-order valence-corrected chi connectivity index (χ0v) is 10.7. The van der Waals surface area contributed by atoms with Gasteiger partial charge in [0, 0.05) is 24.4 Å². The molecule has 1 heterocycles. The highest BCUT2D eigenvalue weighted by molar-refractivity contribution is 5.83. The minimum absolute atomic E-state index is 0.0143. The molecule has 1 unspecified atom stereocenters. The first-order chi connectivity index (χ1) is 9.33. The van der Waals surface area contributed by atoms with E-state index < -0.39 is 0 Å². The summed E-state index contributed by atoms with van der Waals surface area (Å²) in [5.41, 5.74) is 8.47. The van der Waals surface area contributed by atoms with Crippen molar-refractivity contribution in [3.05, 3.63) is 78.1 Å². The van der Waals surface area contributed by atoms with Gasteiger partial charge in [0.15, 0.2) is 0 Å². The third kappa shape index (κ3) is 2.64. The summed E-state index contributed by atoms with van der Waals surface area (Å²) in [4.78, 5) is 4.33. The van der Waals surface area contributed by atoms with E-state index in [4.69, 9.17) is 5.73 Å². The van der Waals surface area contributed by atoms with Crippen molar-refractivity contribution in [3.63, 3.8) is 0 Å². The first-order valence-electron chi connectivity index (χ1n) is 6.47. The van der Waals surface area contributed by atoms with Gasteiger partial charge in [0.1, 0.15) is 0 Å². The van der Waals surface area contributed by atoms with Crippen LogP contribution in [0.15, 0.2) is 66.9 Å². The number of aromatic nitrogens is 1. The average Bonchev–Trinajstić information content (AvgIpc) is 2.48. The van der Waals surface area contributed by atoms with E-state index in [9.17, 15) is 0 Å². The second-order valence-electron chi connectivity index (χ2n) is 4.74. The van der Waals surface area contributed by atoms with Gasteiger partial charge in [-0.2, -0.15) is 0 Å². The molecule has 0 spiro atoms. The van der Waals surface area contributed by atoms with Crippen LogP contribution in [0.4, 0.5) is 0 Å². The number of hydrogen-bond donors (Lipinski definition) is 1. The Morgan fingerprint density at radius 3 is 2.47 bits per heavy atom. The topological polar surface area (TPSA) is 38.9 Å². The van der Waals surface area contributed by atoms with Crippen LogP contribution >= 0.6 is 0 Å². The molecular weight excluding hydrogens is 232 g/mol. The summed E-state index contributed by atoms with van der Waals surface area (Å²) in [6.07, 6.45) is 2.57. The van der Waals surface area contributed by atoms with Crippen molar-refractivity contribution in [1.29, 1.82) is 0 Å². The van der Waals surface area contributed by atoms with Crippen LogP contribution < -0.4 is 5.73 Å². The Labute approximate surface area is 112 Å². The molecule has 0 radical (unpaired) electrons. The molecule has 3 aromatic rings. The number of nitrogens with two attached hydrogens (primary N) is 1. The zero-order valence-electron chi connectivity index (χ0n) is 10.7. The predicted molar refractivity (Wildman–Crippen MR) is 78.8 cm³/mol. The van der Waals surface area contributed by atoms with Crippen molar-refractivity contribution < 1.29 is 0 Å². The van der Waals surface area contributed by atoms with Crippen LogP contribution in [0.5, 0.6) is 0 Å². The molecule has 0 aliphatic rings. The molecule has 1 aromatic heterocycles. The van der Waals surface area contributed by atoms with E-state index in [1.165, 1.54) is 10.8 Å². The average molecular weight is 248 g/mol. The van der Waals surface area contributed by atoms with E-state index in [2.05, 4.69) is 47.4 Å². The molecule has 1 atom stereocenters. The van der Waals surface area contributed by atoms with Crippen LogP contribution in [0.2, 0.25) is 0 Å². The molecule has 2 aromatic carbocycles. The fourth-order valence-electron chi connectivity index (χ4n) is 2.30. The summed E-state index contributed by atoms with van der Waals surface area (Å²) in [6, 6.07) is 20.7. The van der Waals surface area contributed by atoms with Crippen LogP contribution in [0, 0.1) is 0 Å². The number of hydrogen-bond acceptors (Lipinski definition) is 2. The van der Waals surface area contributed by atoms with E-state index in [0.29, 0.717) is 0 Å². The molecule has 0 amide bonds. The van der Waals surface area contributed by atoms with Gasteiger partial charge in [-0.3, -0.25) is 4.98 Å². The number of pyridine rings is 1. The highest BCUT2D eigenvalue weighted by Gasteiger charge is 2.08. The summed E-state index contributed by atoms with van der Waals surface area (Å²) in [5, 5.41) is 2.48. The molecule has 2 nitrogen and oxygen atoms in total. The molecule has 0 aliphatic heterocycles. The zero-order chi connectivity index (χ0) is 13.1. The highest BCUT2D eigenvalue weighted by Crippen LogP contribution is 2.21.